The van der Waals surface area contributed by atoms with E-state index in [1.54, 1.807) is 0 Å². The summed E-state index contributed by atoms with van der Waals surface area (Å²) in [7, 11) is 0. The van der Waals surface area contributed by atoms with Crippen molar-refractivity contribution < 1.29 is 27.8 Å². The van der Waals surface area contributed by atoms with Gasteiger partial charge in [0.1, 0.15) is 5.75 Å². The van der Waals surface area contributed by atoms with Gasteiger partial charge in [0.2, 0.25) is 0 Å². The Morgan fingerprint density at radius 3 is 2.69 bits per heavy atom. The van der Waals surface area contributed by atoms with E-state index in [0.717, 1.165) is 6.20 Å². The lowest BCUT2D eigenvalue weighted by Crippen LogP contribution is -2.20. The molecule has 1 aromatic heterocycles. The van der Waals surface area contributed by atoms with Crippen molar-refractivity contribution in [2.75, 3.05) is 6.61 Å². The first-order valence-electron chi connectivity index (χ1n) is 4.19. The number of hydrogen-bond acceptors (Lipinski definition) is 3. The molecule has 1 heterocycles. The Bertz CT molecular complexity index is 403. The maximum absolute atomic E-state index is 11.9. The number of nitrogens with zero attached hydrogens (tertiary/aromatic N) is 1. The molecule has 4 nitrogen and oxygen atoms in total. The van der Waals surface area contributed by atoms with Crippen LogP contribution in [0.15, 0.2) is 12.3 Å². The van der Waals surface area contributed by atoms with E-state index in [1.807, 2.05) is 0 Å². The zero-order valence-corrected chi connectivity index (χ0v) is 8.21. The molecule has 0 aromatic carbocycles. The van der Waals surface area contributed by atoms with E-state index in [9.17, 15) is 18.0 Å². The second-order valence-electron chi connectivity index (χ2n) is 2.99. The van der Waals surface area contributed by atoms with Crippen LogP contribution in [0.25, 0.3) is 0 Å². The van der Waals surface area contributed by atoms with E-state index in [0.29, 0.717) is 0 Å². The number of carboxylic acid groups (broad SMARTS) is 1. The minimum Gasteiger partial charge on any atom is -0.484 e. The second kappa shape index (κ2) is 4.38. The van der Waals surface area contributed by atoms with Crippen LogP contribution in [0.1, 0.15) is 16.1 Å². The van der Waals surface area contributed by atoms with E-state index in [-0.39, 0.29) is 17.0 Å². The highest BCUT2D eigenvalue weighted by Gasteiger charge is 2.29. The molecule has 0 aliphatic carbocycles. The summed E-state index contributed by atoms with van der Waals surface area (Å²) in [6, 6.07) is 1.19. The molecular formula is C9H8F3NO3. The van der Waals surface area contributed by atoms with Gasteiger partial charge in [0.05, 0.1) is 0 Å². The number of ether oxygens (including phenoxy) is 1. The van der Waals surface area contributed by atoms with E-state index >= 15 is 0 Å². The summed E-state index contributed by atoms with van der Waals surface area (Å²) < 4.78 is 40.1. The molecule has 1 rings (SSSR count). The lowest BCUT2D eigenvalue weighted by Gasteiger charge is -2.11. The maximum Gasteiger partial charge on any atom is 0.422 e. The third kappa shape index (κ3) is 3.11. The first kappa shape index (κ1) is 12.3. The van der Waals surface area contributed by atoms with Crippen molar-refractivity contribution in [2.24, 2.45) is 0 Å². The third-order valence-corrected chi connectivity index (χ3v) is 1.75. The van der Waals surface area contributed by atoms with Crippen LogP contribution < -0.4 is 4.74 Å². The van der Waals surface area contributed by atoms with Gasteiger partial charge >= 0.3 is 12.1 Å². The molecule has 0 aliphatic rings. The number of halogens is 3. The van der Waals surface area contributed by atoms with Crippen LogP contribution >= 0.6 is 0 Å². The number of aromatic carboxylic acids is 1. The SMILES string of the molecule is Cc1c(OCC(F)(F)F)ccnc1C(=O)O. The average Bonchev–Trinajstić information content (AvgIpc) is 2.14. The Labute approximate surface area is 88.7 Å². The maximum atomic E-state index is 11.9. The molecule has 88 valence electrons. The summed E-state index contributed by atoms with van der Waals surface area (Å²) in [5.74, 6) is -1.44. The van der Waals surface area contributed by atoms with Crippen LogP contribution in [0.5, 0.6) is 5.75 Å². The molecule has 0 radical (unpaired) electrons. The van der Waals surface area contributed by atoms with Crippen molar-refractivity contribution in [2.45, 2.75) is 13.1 Å². The normalized spacial score (nSPS) is 11.2. The number of rotatable bonds is 3. The number of pyridine rings is 1. The zero-order valence-electron chi connectivity index (χ0n) is 8.21. The molecule has 0 atom stereocenters. The average molecular weight is 235 g/mol. The number of alkyl halides is 3. The molecule has 0 spiro atoms. The minimum absolute atomic E-state index is 0.0688. The van der Waals surface area contributed by atoms with Crippen LogP contribution in [0.4, 0.5) is 13.2 Å². The van der Waals surface area contributed by atoms with Crippen molar-refractivity contribution in [3.63, 3.8) is 0 Å². The minimum atomic E-state index is -4.46. The molecule has 0 amide bonds. The third-order valence-electron chi connectivity index (χ3n) is 1.75. The van der Waals surface area contributed by atoms with Gasteiger partial charge in [0.15, 0.2) is 12.3 Å². The Balaban J connectivity index is 2.90. The van der Waals surface area contributed by atoms with Gasteiger partial charge in [-0.15, -0.1) is 0 Å². The smallest absolute Gasteiger partial charge is 0.422 e. The summed E-state index contributed by atoms with van der Waals surface area (Å²) in [5, 5.41) is 8.68. The highest BCUT2D eigenvalue weighted by Crippen LogP contribution is 2.22. The fourth-order valence-corrected chi connectivity index (χ4v) is 1.05. The topological polar surface area (TPSA) is 59.4 Å². The van der Waals surface area contributed by atoms with Gasteiger partial charge in [-0.3, -0.25) is 0 Å². The zero-order chi connectivity index (χ0) is 12.3. The van der Waals surface area contributed by atoms with Crippen molar-refractivity contribution in [1.82, 2.24) is 4.98 Å². The summed E-state index contributed by atoms with van der Waals surface area (Å²) in [6.07, 6.45) is -3.37. The van der Waals surface area contributed by atoms with E-state index in [4.69, 9.17) is 5.11 Å². The molecule has 0 saturated carbocycles. The molecule has 16 heavy (non-hydrogen) atoms. The van der Waals surface area contributed by atoms with Crippen molar-refractivity contribution in [3.8, 4) is 5.75 Å². The highest BCUT2D eigenvalue weighted by atomic mass is 19.4. The molecule has 0 fully saturated rings. The lowest BCUT2D eigenvalue weighted by atomic mass is 10.2. The number of carbonyl (C=O) groups is 1. The van der Waals surface area contributed by atoms with Gasteiger partial charge in [-0.2, -0.15) is 13.2 Å². The second-order valence-corrected chi connectivity index (χ2v) is 2.99. The molecule has 0 aliphatic heterocycles. The van der Waals surface area contributed by atoms with Crippen LogP contribution in [0.2, 0.25) is 0 Å². The van der Waals surface area contributed by atoms with Crippen molar-refractivity contribution >= 4 is 5.97 Å². The standard InChI is InChI=1S/C9H8F3NO3/c1-5-6(16-4-9(10,11)12)2-3-13-7(5)8(14)15/h2-3H,4H2,1H3,(H,14,15). The predicted molar refractivity (Wildman–Crippen MR) is 47.5 cm³/mol. The quantitative estimate of drug-likeness (QED) is 0.870. The van der Waals surface area contributed by atoms with Gasteiger partial charge < -0.3 is 9.84 Å². The monoisotopic (exact) mass is 235 g/mol. The van der Waals surface area contributed by atoms with E-state index in [1.165, 1.54) is 13.0 Å². The largest absolute Gasteiger partial charge is 0.484 e. The highest BCUT2D eigenvalue weighted by molar-refractivity contribution is 5.87. The van der Waals surface area contributed by atoms with Crippen LogP contribution in [0, 0.1) is 6.92 Å². The van der Waals surface area contributed by atoms with E-state index < -0.39 is 18.8 Å². The number of carboxylic acids is 1. The van der Waals surface area contributed by atoms with Gasteiger partial charge in [0, 0.05) is 11.8 Å². The Morgan fingerprint density at radius 2 is 2.19 bits per heavy atom. The first-order valence-corrected chi connectivity index (χ1v) is 4.19. The van der Waals surface area contributed by atoms with Crippen LogP contribution in [-0.2, 0) is 0 Å². The number of hydrogen-bond donors (Lipinski definition) is 1. The van der Waals surface area contributed by atoms with Crippen LogP contribution in [0.3, 0.4) is 0 Å². The lowest BCUT2D eigenvalue weighted by molar-refractivity contribution is -0.153. The summed E-state index contributed by atoms with van der Waals surface area (Å²) >= 11 is 0. The van der Waals surface area contributed by atoms with Crippen LogP contribution in [-0.4, -0.2) is 28.8 Å². The molecule has 0 saturated heterocycles. The molecule has 1 N–H and O–H groups in total. The first-order chi connectivity index (χ1) is 7.31. The Kier molecular flexibility index (Phi) is 3.36. The summed E-state index contributed by atoms with van der Waals surface area (Å²) in [5.41, 5.74) is -0.251. The summed E-state index contributed by atoms with van der Waals surface area (Å²) in [4.78, 5) is 14.2. The fourth-order valence-electron chi connectivity index (χ4n) is 1.05. The molecule has 1 aromatic rings. The van der Waals surface area contributed by atoms with Crippen molar-refractivity contribution in [3.05, 3.63) is 23.5 Å². The Hall–Kier alpha value is -1.79. The van der Waals surface area contributed by atoms with Crippen molar-refractivity contribution in [1.29, 1.82) is 0 Å². The molecule has 0 unspecified atom stereocenters. The number of aromatic nitrogens is 1. The molecule has 0 bridgehead atoms. The Morgan fingerprint density at radius 1 is 1.56 bits per heavy atom. The summed E-state index contributed by atoms with van der Waals surface area (Å²) in [6.45, 7) is -0.126. The van der Waals surface area contributed by atoms with Gasteiger partial charge in [-0.05, 0) is 13.0 Å². The van der Waals surface area contributed by atoms with Gasteiger partial charge in [-0.25, -0.2) is 9.78 Å². The fraction of sp³-hybridized carbons (Fsp3) is 0.333. The van der Waals surface area contributed by atoms with Gasteiger partial charge in [0.25, 0.3) is 0 Å². The van der Waals surface area contributed by atoms with E-state index in [2.05, 4.69) is 9.72 Å². The predicted octanol–water partition coefficient (Wildman–Crippen LogP) is 2.03. The molecular weight excluding hydrogens is 227 g/mol. The molecule has 7 heteroatoms. The van der Waals surface area contributed by atoms with Gasteiger partial charge in [-0.1, -0.05) is 0 Å².